The molecule has 14 heavy (non-hydrogen) atoms. The van der Waals surface area contributed by atoms with Crippen molar-refractivity contribution < 1.29 is 4.39 Å². The maximum Gasteiger partial charge on any atom is 0.123 e. The summed E-state index contributed by atoms with van der Waals surface area (Å²) in [5.41, 5.74) is 0. The van der Waals surface area contributed by atoms with E-state index in [9.17, 15) is 4.39 Å². The molecule has 1 nitrogen and oxygen atoms in total. The Morgan fingerprint density at radius 2 is 1.93 bits per heavy atom. The van der Waals surface area contributed by atoms with E-state index >= 15 is 0 Å². The normalized spacial score (nSPS) is 9.57. The van der Waals surface area contributed by atoms with E-state index in [1.165, 1.54) is 12.1 Å². The fraction of sp³-hybridized carbons (Fsp3) is 0.400. The highest BCUT2D eigenvalue weighted by atomic mass is 35.5. The summed E-state index contributed by atoms with van der Waals surface area (Å²) >= 11 is 1.74. The number of benzene rings is 1. The third-order valence-corrected chi connectivity index (χ3v) is 2.62. The molecule has 0 aliphatic rings. The van der Waals surface area contributed by atoms with E-state index in [1.807, 2.05) is 12.1 Å². The van der Waals surface area contributed by atoms with Crippen LogP contribution < -0.4 is 5.32 Å². The minimum absolute atomic E-state index is 0. The van der Waals surface area contributed by atoms with Gasteiger partial charge < -0.3 is 5.32 Å². The summed E-state index contributed by atoms with van der Waals surface area (Å²) in [4.78, 5) is 1.12. The third-order valence-electron chi connectivity index (χ3n) is 1.61. The predicted molar refractivity (Wildman–Crippen MR) is 62.9 cm³/mol. The van der Waals surface area contributed by atoms with Gasteiger partial charge in [0.2, 0.25) is 0 Å². The lowest BCUT2D eigenvalue weighted by molar-refractivity contribution is 0.626. The van der Waals surface area contributed by atoms with Crippen LogP contribution in [0.2, 0.25) is 0 Å². The van der Waals surface area contributed by atoms with Gasteiger partial charge in [-0.1, -0.05) is 6.92 Å². The van der Waals surface area contributed by atoms with Gasteiger partial charge in [-0.2, -0.15) is 0 Å². The highest BCUT2D eigenvalue weighted by Crippen LogP contribution is 2.16. The highest BCUT2D eigenvalue weighted by molar-refractivity contribution is 7.99. The van der Waals surface area contributed by atoms with E-state index in [0.29, 0.717) is 0 Å². The van der Waals surface area contributed by atoms with E-state index in [0.717, 1.165) is 23.7 Å². The Hall–Kier alpha value is -0.250. The molecule has 1 aromatic rings. The molecule has 0 atom stereocenters. The van der Waals surface area contributed by atoms with Crippen molar-refractivity contribution in [3.63, 3.8) is 0 Å². The summed E-state index contributed by atoms with van der Waals surface area (Å²) in [5, 5.41) is 3.23. The Morgan fingerprint density at radius 1 is 1.29 bits per heavy atom. The molecule has 0 fully saturated rings. The van der Waals surface area contributed by atoms with Gasteiger partial charge in [0.15, 0.2) is 0 Å². The first-order chi connectivity index (χ1) is 6.33. The highest BCUT2D eigenvalue weighted by Gasteiger charge is 1.93. The number of halogens is 2. The van der Waals surface area contributed by atoms with Crippen molar-refractivity contribution in [2.45, 2.75) is 11.8 Å². The van der Waals surface area contributed by atoms with E-state index < -0.39 is 0 Å². The standard InChI is InChI=1S/C10H14FNS.ClH/c1-2-12-7-8-13-10-5-3-9(11)4-6-10;/h3-6,12H,2,7-8H2,1H3;1H. The Morgan fingerprint density at radius 3 is 2.50 bits per heavy atom. The molecule has 80 valence electrons. The van der Waals surface area contributed by atoms with Gasteiger partial charge in [-0.3, -0.25) is 0 Å². The molecule has 0 radical (unpaired) electrons. The monoisotopic (exact) mass is 235 g/mol. The number of hydrogen-bond donors (Lipinski definition) is 1. The molecular weight excluding hydrogens is 221 g/mol. The van der Waals surface area contributed by atoms with Gasteiger partial charge in [-0.05, 0) is 30.8 Å². The maximum atomic E-state index is 12.5. The van der Waals surface area contributed by atoms with Gasteiger partial charge in [0.25, 0.3) is 0 Å². The Labute approximate surface area is 94.9 Å². The van der Waals surface area contributed by atoms with E-state index in [4.69, 9.17) is 0 Å². The van der Waals surface area contributed by atoms with Crippen molar-refractivity contribution in [2.24, 2.45) is 0 Å². The lowest BCUT2D eigenvalue weighted by Gasteiger charge is -2.01. The lowest BCUT2D eigenvalue weighted by atomic mass is 10.4. The summed E-state index contributed by atoms with van der Waals surface area (Å²) in [5.74, 6) is 0.857. The second-order valence-electron chi connectivity index (χ2n) is 2.66. The molecule has 0 spiro atoms. The van der Waals surface area contributed by atoms with Crippen molar-refractivity contribution in [3.8, 4) is 0 Å². The smallest absolute Gasteiger partial charge is 0.123 e. The molecule has 0 amide bonds. The SMILES string of the molecule is CCNCCSc1ccc(F)cc1.Cl. The zero-order chi connectivity index (χ0) is 9.52. The van der Waals surface area contributed by atoms with Crippen LogP contribution in [0.25, 0.3) is 0 Å². The van der Waals surface area contributed by atoms with Crippen molar-refractivity contribution in [1.29, 1.82) is 0 Å². The Balaban J connectivity index is 0.00000169. The predicted octanol–water partition coefficient (Wildman–Crippen LogP) is 2.95. The van der Waals surface area contributed by atoms with Crippen molar-refractivity contribution in [3.05, 3.63) is 30.1 Å². The van der Waals surface area contributed by atoms with E-state index in [2.05, 4.69) is 12.2 Å². The number of hydrogen-bond acceptors (Lipinski definition) is 2. The van der Waals surface area contributed by atoms with Crippen molar-refractivity contribution >= 4 is 24.2 Å². The fourth-order valence-corrected chi connectivity index (χ4v) is 1.76. The van der Waals surface area contributed by atoms with Gasteiger partial charge in [0.05, 0.1) is 0 Å². The average Bonchev–Trinajstić information content (AvgIpc) is 2.15. The minimum Gasteiger partial charge on any atom is -0.316 e. The van der Waals surface area contributed by atoms with Crippen LogP contribution in [0, 0.1) is 5.82 Å². The molecule has 0 aliphatic carbocycles. The van der Waals surface area contributed by atoms with Gasteiger partial charge in [-0.25, -0.2) is 4.39 Å². The molecule has 1 rings (SSSR count). The molecule has 0 bridgehead atoms. The summed E-state index contributed by atoms with van der Waals surface area (Å²) in [6, 6.07) is 6.61. The largest absolute Gasteiger partial charge is 0.316 e. The first-order valence-corrected chi connectivity index (χ1v) is 5.40. The van der Waals surface area contributed by atoms with Gasteiger partial charge in [0, 0.05) is 17.2 Å². The second kappa shape index (κ2) is 8.09. The summed E-state index contributed by atoms with van der Waals surface area (Å²) < 4.78 is 12.5. The van der Waals surface area contributed by atoms with Crippen LogP contribution in [-0.4, -0.2) is 18.8 Å². The average molecular weight is 236 g/mol. The van der Waals surface area contributed by atoms with Crippen LogP contribution in [0.15, 0.2) is 29.2 Å². The molecule has 4 heteroatoms. The van der Waals surface area contributed by atoms with Crippen molar-refractivity contribution in [2.75, 3.05) is 18.8 Å². The maximum absolute atomic E-state index is 12.5. The molecule has 1 aromatic carbocycles. The van der Waals surface area contributed by atoms with Crippen LogP contribution in [-0.2, 0) is 0 Å². The quantitative estimate of drug-likeness (QED) is 0.622. The molecule has 0 heterocycles. The van der Waals surface area contributed by atoms with Gasteiger partial charge in [0.1, 0.15) is 5.82 Å². The second-order valence-corrected chi connectivity index (χ2v) is 3.82. The summed E-state index contributed by atoms with van der Waals surface area (Å²) in [6.45, 7) is 4.09. The lowest BCUT2D eigenvalue weighted by Crippen LogP contribution is -2.15. The van der Waals surface area contributed by atoms with E-state index in [1.54, 1.807) is 11.8 Å². The Kier molecular flexibility index (Phi) is 7.95. The van der Waals surface area contributed by atoms with Crippen LogP contribution in [0.3, 0.4) is 0 Å². The van der Waals surface area contributed by atoms with Crippen LogP contribution >= 0.6 is 24.2 Å². The summed E-state index contributed by atoms with van der Waals surface area (Å²) in [6.07, 6.45) is 0. The van der Waals surface area contributed by atoms with Crippen molar-refractivity contribution in [1.82, 2.24) is 5.32 Å². The zero-order valence-corrected chi connectivity index (χ0v) is 9.76. The molecule has 0 unspecified atom stereocenters. The number of thioether (sulfide) groups is 1. The zero-order valence-electron chi connectivity index (χ0n) is 8.13. The van der Waals surface area contributed by atoms with Gasteiger partial charge >= 0.3 is 0 Å². The first-order valence-electron chi connectivity index (χ1n) is 4.42. The number of rotatable bonds is 5. The van der Waals surface area contributed by atoms with Crippen LogP contribution in [0.4, 0.5) is 4.39 Å². The minimum atomic E-state index is -0.170. The fourth-order valence-electron chi connectivity index (χ4n) is 0.949. The third kappa shape index (κ3) is 5.47. The van der Waals surface area contributed by atoms with E-state index in [-0.39, 0.29) is 18.2 Å². The molecule has 1 N–H and O–H groups in total. The first kappa shape index (κ1) is 13.8. The van der Waals surface area contributed by atoms with Crippen LogP contribution in [0.5, 0.6) is 0 Å². The molecular formula is C10H15ClFNS. The topological polar surface area (TPSA) is 12.0 Å². The summed E-state index contributed by atoms with van der Waals surface area (Å²) in [7, 11) is 0. The molecule has 0 saturated carbocycles. The Bertz CT molecular complexity index is 240. The molecule has 0 aromatic heterocycles. The van der Waals surface area contributed by atoms with Crippen LogP contribution in [0.1, 0.15) is 6.92 Å². The van der Waals surface area contributed by atoms with Gasteiger partial charge in [-0.15, -0.1) is 24.2 Å². The molecule has 0 aliphatic heterocycles. The molecule has 0 saturated heterocycles. The number of nitrogens with one attached hydrogen (secondary N) is 1.